The Hall–Kier alpha value is -3.41. The zero-order chi connectivity index (χ0) is 19.4. The number of carbonyl (C=O) groups is 1. The van der Waals surface area contributed by atoms with Gasteiger partial charge in [-0.1, -0.05) is 35.9 Å². The molecule has 3 aromatic rings. The molecule has 0 aliphatic heterocycles. The van der Waals surface area contributed by atoms with Gasteiger partial charge in [-0.3, -0.25) is 14.2 Å². The second-order valence-corrected chi connectivity index (χ2v) is 6.36. The van der Waals surface area contributed by atoms with Gasteiger partial charge in [0.1, 0.15) is 12.3 Å². The first-order valence-electron chi connectivity index (χ1n) is 8.54. The highest BCUT2D eigenvalue weighted by molar-refractivity contribution is 5.92. The highest BCUT2D eigenvalue weighted by atomic mass is 16.5. The first-order chi connectivity index (χ1) is 13.0. The van der Waals surface area contributed by atoms with Crippen molar-refractivity contribution in [2.45, 2.75) is 20.4 Å². The number of anilines is 1. The normalized spacial score (nSPS) is 10.5. The van der Waals surface area contributed by atoms with Crippen molar-refractivity contribution in [1.82, 2.24) is 9.55 Å². The Morgan fingerprint density at radius 2 is 1.78 bits per heavy atom. The minimum Gasteiger partial charge on any atom is -0.495 e. The third-order valence-electron chi connectivity index (χ3n) is 4.17. The summed E-state index contributed by atoms with van der Waals surface area (Å²) in [6.45, 7) is 3.79. The molecular weight excluding hydrogens is 342 g/mol. The van der Waals surface area contributed by atoms with Crippen LogP contribution in [0.1, 0.15) is 11.1 Å². The van der Waals surface area contributed by atoms with Gasteiger partial charge in [0, 0.05) is 11.6 Å². The smallest absolute Gasteiger partial charge is 0.254 e. The predicted octanol–water partition coefficient (Wildman–Crippen LogP) is 3.17. The van der Waals surface area contributed by atoms with Crippen molar-refractivity contribution >= 4 is 11.6 Å². The minimum absolute atomic E-state index is 0.128. The number of carbonyl (C=O) groups excluding carboxylic acids is 1. The quantitative estimate of drug-likeness (QED) is 0.756. The van der Waals surface area contributed by atoms with E-state index >= 15 is 0 Å². The number of aromatic nitrogens is 2. The Balaban J connectivity index is 1.76. The molecule has 0 saturated heterocycles. The number of ether oxygens (including phenoxy) is 1. The SMILES string of the molecule is COc1ccc(C)cc1NC(=O)Cn1cnc(-c2ccc(C)cc2)cc1=O. The van der Waals surface area contributed by atoms with Crippen molar-refractivity contribution in [3.05, 3.63) is 76.3 Å². The van der Waals surface area contributed by atoms with Crippen LogP contribution in [0.25, 0.3) is 11.3 Å². The van der Waals surface area contributed by atoms with Gasteiger partial charge in [-0.05, 0) is 31.5 Å². The molecule has 27 heavy (non-hydrogen) atoms. The fourth-order valence-corrected chi connectivity index (χ4v) is 2.69. The molecule has 0 atom stereocenters. The molecule has 0 aliphatic carbocycles. The predicted molar refractivity (Wildman–Crippen MR) is 105 cm³/mol. The molecule has 0 bridgehead atoms. The Labute approximate surface area is 157 Å². The number of hydrogen-bond donors (Lipinski definition) is 1. The third kappa shape index (κ3) is 4.41. The zero-order valence-electron chi connectivity index (χ0n) is 15.5. The molecule has 3 rings (SSSR count). The summed E-state index contributed by atoms with van der Waals surface area (Å²) in [7, 11) is 1.54. The maximum atomic E-state index is 12.4. The van der Waals surface area contributed by atoms with Gasteiger partial charge in [-0.15, -0.1) is 0 Å². The molecule has 6 nitrogen and oxygen atoms in total. The second kappa shape index (κ2) is 7.86. The summed E-state index contributed by atoms with van der Waals surface area (Å²) in [6.07, 6.45) is 1.39. The molecule has 6 heteroatoms. The lowest BCUT2D eigenvalue weighted by Gasteiger charge is -2.12. The van der Waals surface area contributed by atoms with Gasteiger partial charge in [0.15, 0.2) is 0 Å². The van der Waals surface area contributed by atoms with Crippen LogP contribution >= 0.6 is 0 Å². The molecule has 0 fully saturated rings. The van der Waals surface area contributed by atoms with Crippen LogP contribution in [0.15, 0.2) is 59.7 Å². The molecule has 0 radical (unpaired) electrons. The van der Waals surface area contributed by atoms with Crippen LogP contribution in [0.3, 0.4) is 0 Å². The van der Waals surface area contributed by atoms with Crippen LogP contribution in [0, 0.1) is 13.8 Å². The van der Waals surface area contributed by atoms with Crippen LogP contribution in [0.4, 0.5) is 5.69 Å². The highest BCUT2D eigenvalue weighted by Gasteiger charge is 2.10. The first kappa shape index (κ1) is 18.4. The standard InChI is InChI=1S/C21H21N3O3/c1-14-4-7-16(8-5-14)17-11-21(26)24(13-22-17)12-20(25)23-18-10-15(2)6-9-19(18)27-3/h4-11,13H,12H2,1-3H3,(H,23,25). The molecule has 2 aromatic carbocycles. The number of nitrogens with zero attached hydrogens (tertiary/aromatic N) is 2. The van der Waals surface area contributed by atoms with E-state index in [1.807, 2.05) is 50.2 Å². The Morgan fingerprint density at radius 1 is 1.07 bits per heavy atom. The van der Waals surface area contributed by atoms with Gasteiger partial charge in [0.2, 0.25) is 5.91 Å². The first-order valence-corrected chi connectivity index (χ1v) is 8.54. The number of hydrogen-bond acceptors (Lipinski definition) is 4. The Kier molecular flexibility index (Phi) is 5.35. The summed E-state index contributed by atoms with van der Waals surface area (Å²) < 4.78 is 6.53. The molecular formula is C21H21N3O3. The second-order valence-electron chi connectivity index (χ2n) is 6.36. The van der Waals surface area contributed by atoms with E-state index in [1.165, 1.54) is 17.0 Å². The summed E-state index contributed by atoms with van der Waals surface area (Å²) in [5, 5.41) is 2.78. The van der Waals surface area contributed by atoms with Gasteiger partial charge in [0.05, 0.1) is 24.8 Å². The zero-order valence-corrected chi connectivity index (χ0v) is 15.5. The minimum atomic E-state index is -0.328. The molecule has 1 heterocycles. The molecule has 0 unspecified atom stereocenters. The van der Waals surface area contributed by atoms with Crippen LogP contribution in [-0.4, -0.2) is 22.6 Å². The van der Waals surface area contributed by atoms with E-state index in [0.717, 1.165) is 16.7 Å². The molecule has 0 saturated carbocycles. The number of amides is 1. The summed E-state index contributed by atoms with van der Waals surface area (Å²) in [4.78, 5) is 29.0. The van der Waals surface area contributed by atoms with E-state index in [0.29, 0.717) is 17.1 Å². The largest absolute Gasteiger partial charge is 0.495 e. The van der Waals surface area contributed by atoms with Crippen molar-refractivity contribution in [2.75, 3.05) is 12.4 Å². The van der Waals surface area contributed by atoms with Crippen LogP contribution in [0.5, 0.6) is 5.75 Å². The Morgan fingerprint density at radius 3 is 2.44 bits per heavy atom. The number of benzene rings is 2. The van der Waals surface area contributed by atoms with Crippen molar-refractivity contribution in [3.63, 3.8) is 0 Å². The third-order valence-corrected chi connectivity index (χ3v) is 4.17. The van der Waals surface area contributed by atoms with E-state index in [1.54, 1.807) is 13.2 Å². The molecule has 0 spiro atoms. The van der Waals surface area contributed by atoms with Gasteiger partial charge >= 0.3 is 0 Å². The summed E-state index contributed by atoms with van der Waals surface area (Å²) in [5.41, 5.74) is 3.85. The summed E-state index contributed by atoms with van der Waals surface area (Å²) >= 11 is 0. The van der Waals surface area contributed by atoms with E-state index < -0.39 is 0 Å². The van der Waals surface area contributed by atoms with E-state index in [4.69, 9.17) is 4.74 Å². The van der Waals surface area contributed by atoms with Crippen LogP contribution in [-0.2, 0) is 11.3 Å². The molecule has 1 aromatic heterocycles. The van der Waals surface area contributed by atoms with E-state index in [-0.39, 0.29) is 18.0 Å². The lowest BCUT2D eigenvalue weighted by atomic mass is 10.1. The molecule has 1 amide bonds. The summed E-state index contributed by atoms with van der Waals surface area (Å²) in [5.74, 6) is 0.236. The van der Waals surface area contributed by atoms with Gasteiger partial charge in [-0.2, -0.15) is 0 Å². The number of rotatable bonds is 5. The average molecular weight is 363 g/mol. The molecule has 0 aliphatic rings. The van der Waals surface area contributed by atoms with Gasteiger partial charge in [0.25, 0.3) is 5.56 Å². The van der Waals surface area contributed by atoms with Crippen molar-refractivity contribution in [1.29, 1.82) is 0 Å². The van der Waals surface area contributed by atoms with Crippen LogP contribution < -0.4 is 15.6 Å². The summed E-state index contributed by atoms with van der Waals surface area (Å²) in [6, 6.07) is 14.7. The monoisotopic (exact) mass is 363 g/mol. The van der Waals surface area contributed by atoms with E-state index in [2.05, 4.69) is 10.3 Å². The fraction of sp³-hybridized carbons (Fsp3) is 0.190. The van der Waals surface area contributed by atoms with Crippen molar-refractivity contribution in [3.8, 4) is 17.0 Å². The number of aryl methyl sites for hydroxylation is 2. The Bertz CT molecular complexity index is 1020. The van der Waals surface area contributed by atoms with Crippen LogP contribution in [0.2, 0.25) is 0 Å². The van der Waals surface area contributed by atoms with Crippen molar-refractivity contribution < 1.29 is 9.53 Å². The lowest BCUT2D eigenvalue weighted by molar-refractivity contribution is -0.116. The highest BCUT2D eigenvalue weighted by Crippen LogP contribution is 2.25. The maximum Gasteiger partial charge on any atom is 0.254 e. The number of nitrogens with one attached hydrogen (secondary N) is 1. The lowest BCUT2D eigenvalue weighted by Crippen LogP contribution is -2.27. The van der Waals surface area contributed by atoms with Gasteiger partial charge in [-0.25, -0.2) is 4.98 Å². The average Bonchev–Trinajstić information content (AvgIpc) is 2.64. The maximum absolute atomic E-state index is 12.4. The fourth-order valence-electron chi connectivity index (χ4n) is 2.69. The van der Waals surface area contributed by atoms with E-state index in [9.17, 15) is 9.59 Å². The van der Waals surface area contributed by atoms with Crippen molar-refractivity contribution in [2.24, 2.45) is 0 Å². The molecule has 138 valence electrons. The number of methoxy groups -OCH3 is 1. The van der Waals surface area contributed by atoms with Gasteiger partial charge < -0.3 is 10.1 Å². The topological polar surface area (TPSA) is 73.2 Å². The molecule has 1 N–H and O–H groups in total.